The van der Waals surface area contributed by atoms with E-state index in [1.54, 1.807) is 6.92 Å². The molecule has 114 valence electrons. The van der Waals surface area contributed by atoms with Crippen LogP contribution in [0, 0.1) is 12.8 Å². The molecule has 21 heavy (non-hydrogen) atoms. The summed E-state index contributed by atoms with van der Waals surface area (Å²) >= 11 is 0. The summed E-state index contributed by atoms with van der Waals surface area (Å²) in [6.07, 6.45) is 0.912. The summed E-state index contributed by atoms with van der Waals surface area (Å²) in [4.78, 5) is 29.5. The molecule has 6 heteroatoms. The topological polar surface area (TPSA) is 82.5 Å². The molecule has 1 aromatic rings. The molecule has 1 aliphatic rings. The second-order valence-electron chi connectivity index (χ2n) is 5.74. The number of carboxylic acid groups (broad SMARTS) is 1. The molecule has 2 rings (SSSR count). The number of piperidine rings is 1. The molecule has 1 saturated heterocycles. The highest BCUT2D eigenvalue weighted by Crippen LogP contribution is 2.16. The van der Waals surface area contributed by atoms with Gasteiger partial charge in [0.2, 0.25) is 0 Å². The number of aromatic nitrogens is 1. The first-order chi connectivity index (χ1) is 9.88. The molecule has 6 nitrogen and oxygen atoms in total. The predicted octanol–water partition coefficient (Wildman–Crippen LogP) is 1.16. The van der Waals surface area contributed by atoms with Crippen molar-refractivity contribution in [2.45, 2.75) is 26.3 Å². The number of amides is 1. The molecule has 2 atom stereocenters. The van der Waals surface area contributed by atoms with Gasteiger partial charge in [0.15, 0.2) is 0 Å². The summed E-state index contributed by atoms with van der Waals surface area (Å²) in [6, 6.07) is 3.03. The fraction of sp³-hybridized carbons (Fsp3) is 0.533. The Labute approximate surface area is 124 Å². The van der Waals surface area contributed by atoms with Crippen molar-refractivity contribution in [2.24, 2.45) is 5.92 Å². The van der Waals surface area contributed by atoms with Crippen LogP contribution >= 0.6 is 0 Å². The Bertz CT molecular complexity index is 559. The van der Waals surface area contributed by atoms with Gasteiger partial charge in [-0.15, -0.1) is 0 Å². The SMILES string of the molecule is Cc1nc(C(=O)NC2CCN(C)CC2C)ccc1C(=O)O. The fourth-order valence-electron chi connectivity index (χ4n) is 2.72. The lowest BCUT2D eigenvalue weighted by Crippen LogP contribution is -2.49. The van der Waals surface area contributed by atoms with Gasteiger partial charge in [-0.1, -0.05) is 6.92 Å². The van der Waals surface area contributed by atoms with E-state index in [2.05, 4.69) is 29.2 Å². The average molecular weight is 291 g/mol. The average Bonchev–Trinajstić information content (AvgIpc) is 2.41. The lowest BCUT2D eigenvalue weighted by atomic mass is 9.94. The first kappa shape index (κ1) is 15.4. The van der Waals surface area contributed by atoms with Crippen LogP contribution in [0.15, 0.2) is 12.1 Å². The minimum atomic E-state index is -1.03. The summed E-state index contributed by atoms with van der Waals surface area (Å²) in [7, 11) is 2.07. The number of carbonyl (C=O) groups excluding carboxylic acids is 1. The summed E-state index contributed by atoms with van der Waals surface area (Å²) in [5, 5.41) is 12.0. The maximum Gasteiger partial charge on any atom is 0.337 e. The number of carboxylic acids is 1. The zero-order valence-corrected chi connectivity index (χ0v) is 12.6. The third-order valence-electron chi connectivity index (χ3n) is 3.97. The zero-order valence-electron chi connectivity index (χ0n) is 12.6. The smallest absolute Gasteiger partial charge is 0.337 e. The third-order valence-corrected chi connectivity index (χ3v) is 3.97. The first-order valence-electron chi connectivity index (χ1n) is 7.09. The molecule has 0 spiro atoms. The molecule has 0 aromatic carbocycles. The maximum absolute atomic E-state index is 12.2. The first-order valence-corrected chi connectivity index (χ1v) is 7.09. The van der Waals surface area contributed by atoms with Crippen LogP contribution in [0.1, 0.15) is 39.9 Å². The molecule has 0 aliphatic carbocycles. The van der Waals surface area contributed by atoms with Gasteiger partial charge in [-0.05, 0) is 45.0 Å². The van der Waals surface area contributed by atoms with Gasteiger partial charge in [-0.25, -0.2) is 9.78 Å². The number of hydrogen-bond acceptors (Lipinski definition) is 4. The predicted molar refractivity (Wildman–Crippen MR) is 78.5 cm³/mol. The molecule has 0 bridgehead atoms. The van der Waals surface area contributed by atoms with Crippen molar-refractivity contribution in [3.63, 3.8) is 0 Å². The highest BCUT2D eigenvalue weighted by atomic mass is 16.4. The molecular weight excluding hydrogens is 270 g/mol. The summed E-state index contributed by atoms with van der Waals surface area (Å²) < 4.78 is 0. The highest BCUT2D eigenvalue weighted by Gasteiger charge is 2.26. The molecule has 2 N–H and O–H groups in total. The molecule has 1 amide bonds. The molecule has 0 radical (unpaired) electrons. The largest absolute Gasteiger partial charge is 0.478 e. The van der Waals surface area contributed by atoms with Gasteiger partial charge in [-0.3, -0.25) is 4.79 Å². The van der Waals surface area contributed by atoms with Crippen molar-refractivity contribution in [1.29, 1.82) is 0 Å². The lowest BCUT2D eigenvalue weighted by molar-refractivity contribution is 0.0694. The zero-order chi connectivity index (χ0) is 15.6. The van der Waals surface area contributed by atoms with Gasteiger partial charge >= 0.3 is 5.97 Å². The van der Waals surface area contributed by atoms with E-state index >= 15 is 0 Å². The van der Waals surface area contributed by atoms with Crippen LogP contribution in [0.4, 0.5) is 0 Å². The summed E-state index contributed by atoms with van der Waals surface area (Å²) in [5.41, 5.74) is 0.745. The number of aryl methyl sites for hydroxylation is 1. The summed E-state index contributed by atoms with van der Waals surface area (Å²) in [6.45, 7) is 5.63. The van der Waals surface area contributed by atoms with Gasteiger partial charge in [-0.2, -0.15) is 0 Å². The number of nitrogens with zero attached hydrogens (tertiary/aromatic N) is 2. The standard InChI is InChI=1S/C15H21N3O3/c1-9-8-18(3)7-6-12(9)17-14(19)13-5-4-11(15(20)21)10(2)16-13/h4-5,9,12H,6-8H2,1-3H3,(H,17,19)(H,20,21). The molecule has 1 fully saturated rings. The Hall–Kier alpha value is -1.95. The minimum Gasteiger partial charge on any atom is -0.478 e. The number of nitrogens with one attached hydrogen (secondary N) is 1. The number of aromatic carboxylic acids is 1. The molecule has 2 unspecified atom stereocenters. The van der Waals surface area contributed by atoms with E-state index in [0.29, 0.717) is 11.6 Å². The molecule has 0 saturated carbocycles. The van der Waals surface area contributed by atoms with Gasteiger partial charge in [0.05, 0.1) is 11.3 Å². The van der Waals surface area contributed by atoms with Crippen molar-refractivity contribution >= 4 is 11.9 Å². The quantitative estimate of drug-likeness (QED) is 0.873. The van der Waals surface area contributed by atoms with Crippen LogP contribution < -0.4 is 5.32 Å². The molecule has 2 heterocycles. The van der Waals surface area contributed by atoms with E-state index in [4.69, 9.17) is 5.11 Å². The molecule has 1 aliphatic heterocycles. The van der Waals surface area contributed by atoms with Crippen molar-refractivity contribution in [3.8, 4) is 0 Å². The molecule has 1 aromatic heterocycles. The van der Waals surface area contributed by atoms with E-state index in [-0.39, 0.29) is 23.2 Å². The minimum absolute atomic E-state index is 0.124. The van der Waals surface area contributed by atoms with Crippen LogP contribution in [-0.2, 0) is 0 Å². The second kappa shape index (κ2) is 6.22. The van der Waals surface area contributed by atoms with Crippen LogP contribution in [0.2, 0.25) is 0 Å². The van der Waals surface area contributed by atoms with Gasteiger partial charge < -0.3 is 15.3 Å². The number of hydrogen-bond donors (Lipinski definition) is 2. The number of likely N-dealkylation sites (tertiary alicyclic amines) is 1. The second-order valence-corrected chi connectivity index (χ2v) is 5.74. The van der Waals surface area contributed by atoms with Crippen molar-refractivity contribution in [2.75, 3.05) is 20.1 Å². The highest BCUT2D eigenvalue weighted by molar-refractivity contribution is 5.94. The number of rotatable bonds is 3. The normalized spacial score (nSPS) is 22.8. The summed E-state index contributed by atoms with van der Waals surface area (Å²) in [5.74, 6) is -0.889. The van der Waals surface area contributed by atoms with E-state index in [0.717, 1.165) is 19.5 Å². The number of pyridine rings is 1. The maximum atomic E-state index is 12.2. The third kappa shape index (κ3) is 3.58. The van der Waals surface area contributed by atoms with E-state index in [1.807, 2.05) is 0 Å². The van der Waals surface area contributed by atoms with Crippen LogP contribution in [-0.4, -0.2) is 53.0 Å². The monoisotopic (exact) mass is 291 g/mol. The van der Waals surface area contributed by atoms with Gasteiger partial charge in [0.1, 0.15) is 5.69 Å². The van der Waals surface area contributed by atoms with E-state index in [1.165, 1.54) is 12.1 Å². The van der Waals surface area contributed by atoms with Crippen molar-refractivity contribution < 1.29 is 14.7 Å². The van der Waals surface area contributed by atoms with E-state index < -0.39 is 5.97 Å². The van der Waals surface area contributed by atoms with E-state index in [9.17, 15) is 9.59 Å². The van der Waals surface area contributed by atoms with Gasteiger partial charge in [0.25, 0.3) is 5.91 Å². The van der Waals surface area contributed by atoms with Crippen molar-refractivity contribution in [3.05, 3.63) is 29.1 Å². The van der Waals surface area contributed by atoms with Gasteiger partial charge in [0, 0.05) is 12.6 Å². The Balaban J connectivity index is 2.07. The molecular formula is C15H21N3O3. The Morgan fingerprint density at radius 1 is 1.43 bits per heavy atom. The fourth-order valence-corrected chi connectivity index (χ4v) is 2.72. The Kier molecular flexibility index (Phi) is 4.57. The van der Waals surface area contributed by atoms with Crippen molar-refractivity contribution in [1.82, 2.24) is 15.2 Å². The van der Waals surface area contributed by atoms with Crippen LogP contribution in [0.5, 0.6) is 0 Å². The number of carbonyl (C=O) groups is 2. The lowest BCUT2D eigenvalue weighted by Gasteiger charge is -2.35. The van der Waals surface area contributed by atoms with Crippen LogP contribution in [0.3, 0.4) is 0 Å². The van der Waals surface area contributed by atoms with Crippen LogP contribution in [0.25, 0.3) is 0 Å². The Morgan fingerprint density at radius 2 is 2.14 bits per heavy atom. The Morgan fingerprint density at radius 3 is 2.71 bits per heavy atom.